The van der Waals surface area contributed by atoms with Gasteiger partial charge in [-0.15, -0.1) is 0 Å². The minimum Gasteiger partial charge on any atom is -0.444 e. The first-order valence-electron chi connectivity index (χ1n) is 8.99. The normalized spacial score (nSPS) is 15.3. The van der Waals surface area contributed by atoms with Crippen LogP contribution in [-0.4, -0.2) is 41.5 Å². The molecule has 1 heterocycles. The van der Waals surface area contributed by atoms with E-state index >= 15 is 0 Å². The van der Waals surface area contributed by atoms with Crippen molar-refractivity contribution >= 4 is 29.5 Å². The number of rotatable bonds is 5. The van der Waals surface area contributed by atoms with E-state index in [1.807, 2.05) is 12.1 Å². The van der Waals surface area contributed by atoms with E-state index in [1.54, 1.807) is 32.9 Å². The van der Waals surface area contributed by atoms with E-state index in [2.05, 4.69) is 16.1 Å². The number of ether oxygens (including phenoxy) is 1. The summed E-state index contributed by atoms with van der Waals surface area (Å²) in [6.45, 7) is 8.09. The summed E-state index contributed by atoms with van der Waals surface area (Å²) in [4.78, 5) is 48.5. The minimum absolute atomic E-state index is 0.202. The minimum atomic E-state index is -0.920. The zero-order valence-electron chi connectivity index (χ0n) is 16.7. The van der Waals surface area contributed by atoms with Crippen LogP contribution >= 0.6 is 0 Å². The molecule has 2 atom stereocenters. The third kappa shape index (κ3) is 5.45. The Kier molecular flexibility index (Phi) is 6.27. The summed E-state index contributed by atoms with van der Waals surface area (Å²) in [5, 5.41) is 6.09. The number of benzene rings is 1. The quantitative estimate of drug-likeness (QED) is 0.694. The van der Waals surface area contributed by atoms with Crippen molar-refractivity contribution < 1.29 is 23.9 Å². The molecular weight excluding hydrogens is 364 g/mol. The van der Waals surface area contributed by atoms with Crippen LogP contribution in [0, 0.1) is 0 Å². The molecule has 0 spiro atoms. The van der Waals surface area contributed by atoms with Gasteiger partial charge in [0.05, 0.1) is 12.1 Å². The zero-order valence-corrected chi connectivity index (χ0v) is 16.7. The summed E-state index contributed by atoms with van der Waals surface area (Å²) < 4.78 is 5.09. The molecule has 1 aromatic carbocycles. The first-order valence-corrected chi connectivity index (χ1v) is 8.99. The molecule has 2 rings (SSSR count). The Labute approximate surface area is 163 Å². The van der Waals surface area contributed by atoms with E-state index in [1.165, 1.54) is 18.9 Å². The Bertz CT molecular complexity index is 787. The van der Waals surface area contributed by atoms with Crippen molar-refractivity contribution in [3.63, 3.8) is 0 Å². The van der Waals surface area contributed by atoms with Crippen LogP contribution in [0.1, 0.15) is 40.2 Å². The Balaban J connectivity index is 1.89. The van der Waals surface area contributed by atoms with Gasteiger partial charge in [0.15, 0.2) is 0 Å². The Hall–Kier alpha value is -3.10. The van der Waals surface area contributed by atoms with E-state index in [9.17, 15) is 19.2 Å². The highest BCUT2D eigenvalue weighted by Crippen LogP contribution is 2.26. The smallest absolute Gasteiger partial charge is 0.408 e. The van der Waals surface area contributed by atoms with Gasteiger partial charge >= 0.3 is 6.09 Å². The highest BCUT2D eigenvalue weighted by atomic mass is 16.6. The predicted molar refractivity (Wildman–Crippen MR) is 102 cm³/mol. The standard InChI is InChI=1S/C19H26N4O5/c1-11(21-18(27)28-19(3,4)5)16(25)20-12(2)17(26)22-23-14-9-7-6-8-13(14)10-15(23)24/h6-9,11-12H,10H2,1-5H3,(H,20,25)(H,21,27)(H,22,26). The van der Waals surface area contributed by atoms with Crippen LogP contribution in [0.15, 0.2) is 24.3 Å². The third-order valence-electron chi connectivity index (χ3n) is 3.92. The van der Waals surface area contributed by atoms with Crippen molar-refractivity contribution in [3.05, 3.63) is 29.8 Å². The average molecular weight is 390 g/mol. The molecular formula is C19H26N4O5. The van der Waals surface area contributed by atoms with Gasteiger partial charge < -0.3 is 15.4 Å². The second kappa shape index (κ2) is 8.28. The highest BCUT2D eigenvalue weighted by Gasteiger charge is 2.30. The number of hydrazine groups is 1. The topological polar surface area (TPSA) is 117 Å². The predicted octanol–water partition coefficient (Wildman–Crippen LogP) is 1.02. The number of fused-ring (bicyclic) bond motifs is 1. The molecule has 1 aromatic rings. The van der Waals surface area contributed by atoms with Crippen LogP contribution in [0.4, 0.5) is 10.5 Å². The molecule has 9 heteroatoms. The molecule has 0 aliphatic carbocycles. The highest BCUT2D eigenvalue weighted by molar-refractivity contribution is 6.04. The molecule has 0 saturated heterocycles. The molecule has 0 aromatic heterocycles. The maximum absolute atomic E-state index is 12.4. The van der Waals surface area contributed by atoms with E-state index < -0.39 is 35.6 Å². The zero-order chi connectivity index (χ0) is 21.1. The second-order valence-corrected chi connectivity index (χ2v) is 7.61. The van der Waals surface area contributed by atoms with Crippen molar-refractivity contribution in [1.82, 2.24) is 16.1 Å². The van der Waals surface area contributed by atoms with Crippen molar-refractivity contribution in [2.45, 2.75) is 58.7 Å². The number of alkyl carbamates (subject to hydrolysis) is 1. The molecule has 9 nitrogen and oxygen atoms in total. The van der Waals surface area contributed by atoms with Crippen LogP contribution in [-0.2, 0) is 25.5 Å². The van der Waals surface area contributed by atoms with Crippen LogP contribution in [0.3, 0.4) is 0 Å². The lowest BCUT2D eigenvalue weighted by Crippen LogP contribution is -2.55. The first-order chi connectivity index (χ1) is 13.0. The van der Waals surface area contributed by atoms with Gasteiger partial charge in [0, 0.05) is 0 Å². The van der Waals surface area contributed by atoms with Crippen LogP contribution in [0.5, 0.6) is 0 Å². The maximum atomic E-state index is 12.4. The lowest BCUT2D eigenvalue weighted by atomic mass is 10.2. The number of carbonyl (C=O) groups excluding carboxylic acids is 4. The molecule has 0 radical (unpaired) electrons. The van der Waals surface area contributed by atoms with Gasteiger partial charge in [-0.05, 0) is 46.2 Å². The van der Waals surface area contributed by atoms with Crippen LogP contribution < -0.4 is 21.1 Å². The van der Waals surface area contributed by atoms with Crippen molar-refractivity contribution in [2.75, 3.05) is 5.01 Å². The number of para-hydroxylation sites is 1. The second-order valence-electron chi connectivity index (χ2n) is 7.61. The average Bonchev–Trinajstić information content (AvgIpc) is 2.88. The number of nitrogens with zero attached hydrogens (tertiary/aromatic N) is 1. The monoisotopic (exact) mass is 390 g/mol. The third-order valence-corrected chi connectivity index (χ3v) is 3.92. The summed E-state index contributed by atoms with van der Waals surface area (Å²) in [6.07, 6.45) is -0.528. The van der Waals surface area contributed by atoms with Gasteiger partial charge in [-0.2, -0.15) is 0 Å². The SMILES string of the molecule is CC(NC(=O)OC(C)(C)C)C(=O)NC(C)C(=O)NN1C(=O)Cc2ccccc21. The van der Waals surface area contributed by atoms with Crippen molar-refractivity contribution in [2.24, 2.45) is 0 Å². The van der Waals surface area contributed by atoms with E-state index in [0.29, 0.717) is 5.69 Å². The van der Waals surface area contributed by atoms with Crippen LogP contribution in [0.25, 0.3) is 0 Å². The molecule has 0 saturated carbocycles. The Morgan fingerprint density at radius 2 is 1.64 bits per heavy atom. The molecule has 4 amide bonds. The lowest BCUT2D eigenvalue weighted by Gasteiger charge is -2.24. The first kappa shape index (κ1) is 21.2. The summed E-state index contributed by atoms with van der Waals surface area (Å²) in [5.41, 5.74) is 3.26. The van der Waals surface area contributed by atoms with E-state index in [0.717, 1.165) is 5.56 Å². The fraction of sp³-hybridized carbons (Fsp3) is 0.474. The lowest BCUT2D eigenvalue weighted by molar-refractivity contribution is -0.130. The molecule has 3 N–H and O–H groups in total. The number of carbonyl (C=O) groups is 4. The van der Waals surface area contributed by atoms with Crippen LogP contribution in [0.2, 0.25) is 0 Å². The number of nitrogens with one attached hydrogen (secondary N) is 3. The van der Waals surface area contributed by atoms with Crippen molar-refractivity contribution in [3.8, 4) is 0 Å². The Morgan fingerprint density at radius 3 is 2.29 bits per heavy atom. The molecule has 28 heavy (non-hydrogen) atoms. The number of hydrogen-bond donors (Lipinski definition) is 3. The van der Waals surface area contributed by atoms with Gasteiger partial charge in [0.1, 0.15) is 17.7 Å². The van der Waals surface area contributed by atoms with E-state index in [-0.39, 0.29) is 12.3 Å². The summed E-state index contributed by atoms with van der Waals surface area (Å²) in [7, 11) is 0. The largest absolute Gasteiger partial charge is 0.444 e. The van der Waals surface area contributed by atoms with Gasteiger partial charge in [0.25, 0.3) is 5.91 Å². The fourth-order valence-electron chi connectivity index (χ4n) is 2.54. The molecule has 0 fully saturated rings. The molecule has 152 valence electrons. The number of anilines is 1. The summed E-state index contributed by atoms with van der Waals surface area (Å²) in [5.74, 6) is -1.36. The summed E-state index contributed by atoms with van der Waals surface area (Å²) in [6, 6.07) is 5.31. The Morgan fingerprint density at radius 1 is 1.04 bits per heavy atom. The van der Waals surface area contributed by atoms with Crippen molar-refractivity contribution in [1.29, 1.82) is 0 Å². The number of hydrogen-bond acceptors (Lipinski definition) is 5. The van der Waals surface area contributed by atoms with E-state index in [4.69, 9.17) is 4.74 Å². The van der Waals surface area contributed by atoms with Gasteiger partial charge in [-0.1, -0.05) is 18.2 Å². The molecule has 1 aliphatic heterocycles. The van der Waals surface area contributed by atoms with Gasteiger partial charge in [-0.25, -0.2) is 9.80 Å². The fourth-order valence-corrected chi connectivity index (χ4v) is 2.54. The van der Waals surface area contributed by atoms with Gasteiger partial charge in [-0.3, -0.25) is 19.8 Å². The molecule has 0 bridgehead atoms. The maximum Gasteiger partial charge on any atom is 0.408 e. The number of amides is 4. The molecule has 1 aliphatic rings. The molecule has 2 unspecified atom stereocenters. The summed E-state index contributed by atoms with van der Waals surface area (Å²) >= 11 is 0. The van der Waals surface area contributed by atoms with Gasteiger partial charge in [0.2, 0.25) is 11.8 Å².